The number of rotatable bonds is 4. The third-order valence-electron chi connectivity index (χ3n) is 4.46. The monoisotopic (exact) mass is 294 g/mol. The Kier molecular flexibility index (Phi) is 4.51. The van der Waals surface area contributed by atoms with Gasteiger partial charge in [-0.15, -0.1) is 0 Å². The maximum Gasteiger partial charge on any atom is 0.0759 e. The molecule has 1 aromatic rings. The summed E-state index contributed by atoms with van der Waals surface area (Å²) in [5.74, 6) is 0. The first-order valence-electron chi connectivity index (χ1n) is 7.10. The molecule has 0 radical (unpaired) electrons. The SMILES string of the molecule is CC(C)[Si](c1ccccc1)([Si](C)(C)C)[Si](C)(C)C. The van der Waals surface area contributed by atoms with Gasteiger partial charge < -0.3 is 0 Å². The topological polar surface area (TPSA) is 0 Å². The molecule has 102 valence electrons. The van der Waals surface area contributed by atoms with Crippen LogP contribution in [0.15, 0.2) is 30.3 Å². The van der Waals surface area contributed by atoms with E-state index in [1.807, 2.05) is 0 Å². The fourth-order valence-corrected chi connectivity index (χ4v) is 57.2. The van der Waals surface area contributed by atoms with Gasteiger partial charge in [-0.3, -0.25) is 0 Å². The summed E-state index contributed by atoms with van der Waals surface area (Å²) in [5.41, 5.74) is 0.859. The zero-order valence-corrected chi connectivity index (χ0v) is 16.5. The summed E-state index contributed by atoms with van der Waals surface area (Å²) in [6.45, 7) is 20.7. The second-order valence-electron chi connectivity index (χ2n) is 7.83. The Balaban J connectivity index is 3.62. The smallest absolute Gasteiger partial charge is 0.0713 e. The van der Waals surface area contributed by atoms with E-state index in [2.05, 4.69) is 83.5 Å². The van der Waals surface area contributed by atoms with Crippen molar-refractivity contribution in [3.05, 3.63) is 30.3 Å². The summed E-state index contributed by atoms with van der Waals surface area (Å²) in [6.07, 6.45) is 0. The quantitative estimate of drug-likeness (QED) is 0.713. The van der Waals surface area contributed by atoms with Crippen LogP contribution in [0.2, 0.25) is 44.8 Å². The summed E-state index contributed by atoms with van der Waals surface area (Å²) in [6, 6.07) is 11.5. The molecule has 0 N–H and O–H groups in total. The lowest BCUT2D eigenvalue weighted by molar-refractivity contribution is 1.04. The van der Waals surface area contributed by atoms with Gasteiger partial charge in [0.05, 0.1) is 7.11 Å². The van der Waals surface area contributed by atoms with Crippen molar-refractivity contribution in [3.63, 3.8) is 0 Å². The average Bonchev–Trinajstić information content (AvgIpc) is 2.14. The second kappa shape index (κ2) is 5.10. The van der Waals surface area contributed by atoms with E-state index in [9.17, 15) is 0 Å². The molecule has 0 atom stereocenters. The van der Waals surface area contributed by atoms with Gasteiger partial charge in [0.15, 0.2) is 0 Å². The minimum atomic E-state index is -1.37. The summed E-state index contributed by atoms with van der Waals surface area (Å²) >= 11 is 0. The maximum atomic E-state index is 2.62. The molecule has 0 amide bonds. The minimum Gasteiger partial charge on any atom is -0.0713 e. The Hall–Kier alpha value is -0.129. The van der Waals surface area contributed by atoms with Crippen LogP contribution in [-0.4, -0.2) is 22.3 Å². The molecule has 0 nitrogen and oxygen atoms in total. The molecule has 1 rings (SSSR count). The highest BCUT2D eigenvalue weighted by molar-refractivity contribution is 7.73. The zero-order valence-electron chi connectivity index (χ0n) is 13.5. The van der Waals surface area contributed by atoms with Crippen molar-refractivity contribution in [1.29, 1.82) is 0 Å². The van der Waals surface area contributed by atoms with Gasteiger partial charge in [-0.1, -0.05) is 94.2 Å². The maximum absolute atomic E-state index is 2.62. The first-order chi connectivity index (χ1) is 8.05. The van der Waals surface area contributed by atoms with Crippen LogP contribution in [0, 0.1) is 0 Å². The van der Waals surface area contributed by atoms with Crippen LogP contribution >= 0.6 is 0 Å². The standard InChI is InChI=1S/C15H30Si3/c1-14(2)18(16(3,4)5,17(6,7)8)15-12-10-9-11-13-15/h9-14H,1-8H3. The van der Waals surface area contributed by atoms with Gasteiger partial charge in [0.1, 0.15) is 0 Å². The zero-order chi connectivity index (χ0) is 14.2. The largest absolute Gasteiger partial charge is 0.0759 e. The normalized spacial score (nSPS) is 14.1. The van der Waals surface area contributed by atoms with Crippen molar-refractivity contribution in [2.24, 2.45) is 0 Å². The lowest BCUT2D eigenvalue weighted by atomic mass is 10.4. The van der Waals surface area contributed by atoms with Gasteiger partial charge in [-0.05, 0) is 0 Å². The van der Waals surface area contributed by atoms with Crippen LogP contribution in [0.25, 0.3) is 0 Å². The Morgan fingerprint density at radius 3 is 1.39 bits per heavy atom. The fraction of sp³-hybridized carbons (Fsp3) is 0.600. The Morgan fingerprint density at radius 2 is 1.11 bits per heavy atom. The highest BCUT2D eigenvalue weighted by Gasteiger charge is 2.57. The molecule has 0 heterocycles. The Labute approximate surface area is 116 Å². The van der Waals surface area contributed by atoms with Crippen LogP contribution in [0.3, 0.4) is 0 Å². The summed E-state index contributed by atoms with van der Waals surface area (Å²) in [5, 5.41) is 1.73. The van der Waals surface area contributed by atoms with E-state index in [-0.39, 0.29) is 0 Å². The molecule has 0 spiro atoms. The van der Waals surface area contributed by atoms with E-state index >= 15 is 0 Å². The van der Waals surface area contributed by atoms with Gasteiger partial charge in [-0.2, -0.15) is 0 Å². The fourth-order valence-electron chi connectivity index (χ4n) is 4.76. The predicted octanol–water partition coefficient (Wildman–Crippen LogP) is 4.59. The van der Waals surface area contributed by atoms with Gasteiger partial charge in [0.25, 0.3) is 0 Å². The number of benzene rings is 1. The summed E-state index contributed by atoms with van der Waals surface area (Å²) in [4.78, 5) is 0. The molecular weight excluding hydrogens is 264 g/mol. The highest BCUT2D eigenvalue weighted by atomic mass is 29.6. The van der Waals surface area contributed by atoms with E-state index in [4.69, 9.17) is 0 Å². The molecule has 1 aromatic carbocycles. The number of hydrogen-bond acceptors (Lipinski definition) is 0. The van der Waals surface area contributed by atoms with Crippen molar-refractivity contribution < 1.29 is 0 Å². The lowest BCUT2D eigenvalue weighted by Gasteiger charge is -2.53. The second-order valence-corrected chi connectivity index (χ2v) is 35.4. The van der Waals surface area contributed by atoms with Crippen molar-refractivity contribution in [3.8, 4) is 0 Å². The van der Waals surface area contributed by atoms with E-state index < -0.39 is 22.3 Å². The molecule has 0 aromatic heterocycles. The first kappa shape index (κ1) is 15.9. The molecule has 3 heteroatoms. The molecule has 0 fully saturated rings. The van der Waals surface area contributed by atoms with Gasteiger partial charge in [-0.25, -0.2) is 0 Å². The highest BCUT2D eigenvalue weighted by Crippen LogP contribution is 2.37. The predicted molar refractivity (Wildman–Crippen MR) is 93.6 cm³/mol. The van der Waals surface area contributed by atoms with Crippen LogP contribution in [0.4, 0.5) is 0 Å². The first-order valence-corrected chi connectivity index (χ1v) is 18.2. The summed E-state index contributed by atoms with van der Waals surface area (Å²) in [7, 11) is -3.73. The molecule has 18 heavy (non-hydrogen) atoms. The van der Waals surface area contributed by atoms with Crippen molar-refractivity contribution in [2.45, 2.75) is 58.7 Å². The average molecular weight is 295 g/mol. The van der Waals surface area contributed by atoms with E-state index in [0.29, 0.717) is 0 Å². The molecule has 0 unspecified atom stereocenters. The summed E-state index contributed by atoms with van der Waals surface area (Å²) < 4.78 is 0. The third kappa shape index (κ3) is 2.45. The molecule has 0 saturated carbocycles. The van der Waals surface area contributed by atoms with E-state index in [1.165, 1.54) is 0 Å². The van der Waals surface area contributed by atoms with Crippen LogP contribution in [0.1, 0.15) is 13.8 Å². The minimum absolute atomic E-state index is 0.859. The molecule has 0 aliphatic rings. The Morgan fingerprint density at radius 1 is 0.722 bits per heavy atom. The van der Waals surface area contributed by atoms with Crippen LogP contribution < -0.4 is 5.19 Å². The van der Waals surface area contributed by atoms with Gasteiger partial charge in [0.2, 0.25) is 0 Å². The van der Waals surface area contributed by atoms with Crippen LogP contribution in [0.5, 0.6) is 0 Å². The van der Waals surface area contributed by atoms with E-state index in [1.54, 1.807) is 5.19 Å². The van der Waals surface area contributed by atoms with Crippen LogP contribution in [-0.2, 0) is 0 Å². The van der Waals surface area contributed by atoms with Gasteiger partial charge >= 0.3 is 0 Å². The molecule has 0 aliphatic carbocycles. The van der Waals surface area contributed by atoms with E-state index in [0.717, 1.165) is 5.54 Å². The van der Waals surface area contributed by atoms with Crippen molar-refractivity contribution in [2.75, 3.05) is 0 Å². The molecular formula is C15H30Si3. The molecule has 0 bridgehead atoms. The Bertz CT molecular complexity index is 368. The molecule has 0 aliphatic heterocycles. The number of hydrogen-bond donors (Lipinski definition) is 0. The third-order valence-corrected chi connectivity index (χ3v) is 45.1. The van der Waals surface area contributed by atoms with Gasteiger partial charge in [0, 0.05) is 15.2 Å². The molecule has 0 saturated heterocycles. The van der Waals surface area contributed by atoms with Crippen molar-refractivity contribution in [1.82, 2.24) is 0 Å². The van der Waals surface area contributed by atoms with Crippen molar-refractivity contribution >= 4 is 27.5 Å². The lowest BCUT2D eigenvalue weighted by Crippen LogP contribution is -2.79.